The predicted octanol–water partition coefficient (Wildman–Crippen LogP) is 1.25. The molecule has 0 spiro atoms. The van der Waals surface area contributed by atoms with E-state index in [-0.39, 0.29) is 0 Å². The van der Waals surface area contributed by atoms with Gasteiger partial charge in [-0.1, -0.05) is 6.92 Å². The zero-order valence-corrected chi connectivity index (χ0v) is 6.06. The molecule has 2 rings (SSSR count). The third-order valence-electron chi connectivity index (χ3n) is 2.89. The van der Waals surface area contributed by atoms with Crippen molar-refractivity contribution in [1.82, 2.24) is 5.32 Å². The molecule has 1 aliphatic carbocycles. The second-order valence-electron chi connectivity index (χ2n) is 3.75. The second-order valence-corrected chi connectivity index (χ2v) is 3.75. The number of nitrogens with one attached hydrogen (secondary N) is 1. The van der Waals surface area contributed by atoms with Gasteiger partial charge in [0, 0.05) is 0 Å². The fourth-order valence-corrected chi connectivity index (χ4v) is 2.47. The first-order valence-electron chi connectivity index (χ1n) is 4.07. The molecular formula is C8H15N. The Morgan fingerprint density at radius 2 is 1.67 bits per heavy atom. The third-order valence-corrected chi connectivity index (χ3v) is 2.89. The van der Waals surface area contributed by atoms with Crippen LogP contribution in [0.25, 0.3) is 0 Å². The highest BCUT2D eigenvalue weighted by atomic mass is 14.9. The van der Waals surface area contributed by atoms with Crippen molar-refractivity contribution in [2.75, 3.05) is 13.1 Å². The molecule has 0 aromatic heterocycles. The minimum absolute atomic E-state index is 1.02. The largest absolute Gasteiger partial charge is 0.316 e. The highest BCUT2D eigenvalue weighted by molar-refractivity contribution is 4.88. The molecule has 1 aliphatic heterocycles. The van der Waals surface area contributed by atoms with E-state index >= 15 is 0 Å². The van der Waals surface area contributed by atoms with Crippen LogP contribution in [0.4, 0.5) is 0 Å². The van der Waals surface area contributed by atoms with Crippen LogP contribution in [0.5, 0.6) is 0 Å². The zero-order chi connectivity index (χ0) is 6.27. The van der Waals surface area contributed by atoms with Gasteiger partial charge in [-0.15, -0.1) is 0 Å². The molecule has 1 nitrogen and oxygen atoms in total. The highest BCUT2D eigenvalue weighted by Crippen LogP contribution is 2.37. The maximum absolute atomic E-state index is 3.44. The average Bonchev–Trinajstić information content (AvgIpc) is 2.22. The number of hydrogen-bond donors (Lipinski definition) is 1. The molecule has 0 radical (unpaired) electrons. The van der Waals surface area contributed by atoms with Gasteiger partial charge in [0.05, 0.1) is 0 Å². The Hall–Kier alpha value is -0.0400. The van der Waals surface area contributed by atoms with Crippen LogP contribution in [0.2, 0.25) is 0 Å². The molecule has 1 heterocycles. The van der Waals surface area contributed by atoms with Gasteiger partial charge in [-0.2, -0.15) is 0 Å². The van der Waals surface area contributed by atoms with E-state index in [9.17, 15) is 0 Å². The molecular weight excluding hydrogens is 110 g/mol. The molecule has 1 saturated heterocycles. The zero-order valence-electron chi connectivity index (χ0n) is 6.06. The van der Waals surface area contributed by atoms with Crippen molar-refractivity contribution in [2.24, 2.45) is 17.8 Å². The van der Waals surface area contributed by atoms with Crippen LogP contribution >= 0.6 is 0 Å². The van der Waals surface area contributed by atoms with Crippen LogP contribution in [0.1, 0.15) is 19.8 Å². The quantitative estimate of drug-likeness (QED) is 0.514. The van der Waals surface area contributed by atoms with Crippen LogP contribution in [0.15, 0.2) is 0 Å². The van der Waals surface area contributed by atoms with Crippen LogP contribution in [-0.2, 0) is 0 Å². The standard InChI is InChI=1S/C8H15N/c1-6-2-7-4-9-5-8(7)3-6/h6-9H,2-5H2,1H3. The Balaban J connectivity index is 2.02. The number of rotatable bonds is 0. The van der Waals surface area contributed by atoms with E-state index in [1.807, 2.05) is 0 Å². The molecule has 2 aliphatic rings. The molecule has 1 heteroatoms. The maximum atomic E-state index is 3.44. The van der Waals surface area contributed by atoms with Crippen molar-refractivity contribution in [1.29, 1.82) is 0 Å². The summed E-state index contributed by atoms with van der Waals surface area (Å²) in [7, 11) is 0. The van der Waals surface area contributed by atoms with Crippen LogP contribution in [0.3, 0.4) is 0 Å². The normalized spacial score (nSPS) is 49.7. The van der Waals surface area contributed by atoms with Gasteiger partial charge in [-0.3, -0.25) is 0 Å². The summed E-state index contributed by atoms with van der Waals surface area (Å²) in [6.07, 6.45) is 2.97. The monoisotopic (exact) mass is 125 g/mol. The lowest BCUT2D eigenvalue weighted by atomic mass is 10.0. The Morgan fingerprint density at radius 3 is 2.22 bits per heavy atom. The topological polar surface area (TPSA) is 12.0 Å². The van der Waals surface area contributed by atoms with E-state index in [0.29, 0.717) is 0 Å². The maximum Gasteiger partial charge on any atom is -0.00172 e. The first-order valence-corrected chi connectivity index (χ1v) is 4.07. The van der Waals surface area contributed by atoms with Gasteiger partial charge in [-0.05, 0) is 43.7 Å². The summed E-state index contributed by atoms with van der Waals surface area (Å²) in [5.74, 6) is 3.10. The lowest BCUT2D eigenvalue weighted by Gasteiger charge is -2.02. The summed E-state index contributed by atoms with van der Waals surface area (Å²) < 4.78 is 0. The van der Waals surface area contributed by atoms with Crippen molar-refractivity contribution in [2.45, 2.75) is 19.8 Å². The third kappa shape index (κ3) is 0.877. The smallest absolute Gasteiger partial charge is 0.00172 e. The van der Waals surface area contributed by atoms with Gasteiger partial charge < -0.3 is 5.32 Å². The van der Waals surface area contributed by atoms with Crippen molar-refractivity contribution < 1.29 is 0 Å². The van der Waals surface area contributed by atoms with Gasteiger partial charge in [0.15, 0.2) is 0 Å². The van der Waals surface area contributed by atoms with E-state index in [2.05, 4.69) is 12.2 Å². The van der Waals surface area contributed by atoms with Crippen LogP contribution < -0.4 is 5.32 Å². The summed E-state index contributed by atoms with van der Waals surface area (Å²) >= 11 is 0. The number of fused-ring (bicyclic) bond motifs is 1. The van der Waals surface area contributed by atoms with Crippen LogP contribution in [0, 0.1) is 17.8 Å². The fourth-order valence-electron chi connectivity index (χ4n) is 2.47. The van der Waals surface area contributed by atoms with Crippen molar-refractivity contribution in [3.05, 3.63) is 0 Å². The Kier molecular flexibility index (Phi) is 1.26. The second kappa shape index (κ2) is 1.98. The van der Waals surface area contributed by atoms with E-state index in [4.69, 9.17) is 0 Å². The van der Waals surface area contributed by atoms with Gasteiger partial charge in [-0.25, -0.2) is 0 Å². The number of hydrogen-bond acceptors (Lipinski definition) is 1. The first-order chi connectivity index (χ1) is 4.36. The highest BCUT2D eigenvalue weighted by Gasteiger charge is 2.34. The lowest BCUT2D eigenvalue weighted by molar-refractivity contribution is 0.494. The van der Waals surface area contributed by atoms with Gasteiger partial charge in [0.1, 0.15) is 0 Å². The van der Waals surface area contributed by atoms with Crippen molar-refractivity contribution in [3.63, 3.8) is 0 Å². The Morgan fingerprint density at radius 1 is 1.11 bits per heavy atom. The average molecular weight is 125 g/mol. The summed E-state index contributed by atoms with van der Waals surface area (Å²) in [5, 5.41) is 3.44. The van der Waals surface area contributed by atoms with Crippen LogP contribution in [-0.4, -0.2) is 13.1 Å². The van der Waals surface area contributed by atoms with E-state index in [1.165, 1.54) is 25.9 Å². The molecule has 1 saturated carbocycles. The van der Waals surface area contributed by atoms with Gasteiger partial charge in [0.2, 0.25) is 0 Å². The SMILES string of the molecule is CC1CC2CNCC2C1. The summed E-state index contributed by atoms with van der Waals surface area (Å²) in [5.41, 5.74) is 0. The molecule has 2 fully saturated rings. The first kappa shape index (κ1) is 5.72. The van der Waals surface area contributed by atoms with Crippen molar-refractivity contribution in [3.8, 4) is 0 Å². The molecule has 0 aromatic carbocycles. The van der Waals surface area contributed by atoms with Gasteiger partial charge >= 0.3 is 0 Å². The summed E-state index contributed by atoms with van der Waals surface area (Å²) in [6, 6.07) is 0. The molecule has 2 atom stereocenters. The Bertz CT molecular complexity index is 99.1. The minimum atomic E-state index is 1.02. The predicted molar refractivity (Wildman–Crippen MR) is 38.2 cm³/mol. The molecule has 0 aromatic rings. The van der Waals surface area contributed by atoms with E-state index in [1.54, 1.807) is 0 Å². The lowest BCUT2D eigenvalue weighted by Crippen LogP contribution is -2.10. The summed E-state index contributed by atoms with van der Waals surface area (Å²) in [6.45, 7) is 4.99. The molecule has 52 valence electrons. The fraction of sp³-hybridized carbons (Fsp3) is 1.00. The molecule has 9 heavy (non-hydrogen) atoms. The Labute approximate surface area is 56.8 Å². The van der Waals surface area contributed by atoms with E-state index in [0.717, 1.165) is 17.8 Å². The van der Waals surface area contributed by atoms with Crippen molar-refractivity contribution >= 4 is 0 Å². The summed E-state index contributed by atoms with van der Waals surface area (Å²) in [4.78, 5) is 0. The van der Waals surface area contributed by atoms with E-state index < -0.39 is 0 Å². The molecule has 0 bridgehead atoms. The molecule has 0 amide bonds. The minimum Gasteiger partial charge on any atom is -0.316 e. The molecule has 1 N–H and O–H groups in total. The van der Waals surface area contributed by atoms with Gasteiger partial charge in [0.25, 0.3) is 0 Å². The molecule has 2 unspecified atom stereocenters.